The van der Waals surface area contributed by atoms with Gasteiger partial charge in [-0.2, -0.15) is 0 Å². The van der Waals surface area contributed by atoms with Gasteiger partial charge in [0.2, 0.25) is 5.91 Å². The summed E-state index contributed by atoms with van der Waals surface area (Å²) in [6.07, 6.45) is 0.494. The lowest BCUT2D eigenvalue weighted by atomic mass is 10.0. The summed E-state index contributed by atoms with van der Waals surface area (Å²) in [4.78, 5) is 13.6. The molecular weight excluding hydrogens is 394 g/mol. The molecule has 0 saturated heterocycles. The first-order chi connectivity index (χ1) is 9.97. The van der Waals surface area contributed by atoms with E-state index in [1.165, 1.54) is 16.7 Å². The van der Waals surface area contributed by atoms with E-state index in [4.69, 9.17) is 0 Å². The van der Waals surface area contributed by atoms with Crippen LogP contribution in [0.1, 0.15) is 27.1 Å². The maximum Gasteiger partial charge on any atom is 0.231 e. The highest BCUT2D eigenvalue weighted by Crippen LogP contribution is 2.38. The Bertz CT molecular complexity index is 727. The van der Waals surface area contributed by atoms with E-state index in [1.54, 1.807) is 4.90 Å². The van der Waals surface area contributed by atoms with E-state index in [2.05, 4.69) is 69.1 Å². The van der Waals surface area contributed by atoms with Crippen LogP contribution < -0.4 is 4.90 Å². The first-order valence-electron chi connectivity index (χ1n) is 6.77. The van der Waals surface area contributed by atoms with Gasteiger partial charge in [0.15, 0.2) is 0 Å². The number of carbonyl (C=O) groups is 1. The molecule has 1 amide bonds. The van der Waals surface area contributed by atoms with Gasteiger partial charge >= 0.3 is 0 Å². The third-order valence-corrected chi connectivity index (χ3v) is 5.64. The van der Waals surface area contributed by atoms with Gasteiger partial charge in [-0.1, -0.05) is 61.7 Å². The van der Waals surface area contributed by atoms with Crippen molar-refractivity contribution < 1.29 is 4.79 Å². The number of fused-ring (bicyclic) bond motifs is 1. The highest BCUT2D eigenvalue weighted by Gasteiger charge is 2.25. The number of alkyl halides is 1. The topological polar surface area (TPSA) is 20.3 Å². The maximum atomic E-state index is 11.8. The number of nitrogens with zero attached hydrogens (tertiary/aromatic N) is 1. The number of carbonyl (C=O) groups excluding carboxylic acids is 1. The van der Waals surface area contributed by atoms with Crippen molar-refractivity contribution in [2.24, 2.45) is 0 Å². The fourth-order valence-electron chi connectivity index (χ4n) is 2.68. The van der Waals surface area contributed by atoms with E-state index in [0.717, 1.165) is 15.7 Å². The Balaban J connectivity index is 2.00. The molecule has 0 radical (unpaired) electrons. The smallest absolute Gasteiger partial charge is 0.231 e. The van der Waals surface area contributed by atoms with Crippen LogP contribution in [0.4, 0.5) is 5.69 Å². The van der Waals surface area contributed by atoms with Crippen molar-refractivity contribution in [1.82, 2.24) is 0 Å². The summed E-state index contributed by atoms with van der Waals surface area (Å²) in [5.41, 5.74) is 5.73. The second-order valence-electron chi connectivity index (χ2n) is 5.41. The summed E-state index contributed by atoms with van der Waals surface area (Å²) in [5.74, 6) is 0.157. The molecule has 3 rings (SSSR count). The van der Waals surface area contributed by atoms with Gasteiger partial charge in [0, 0.05) is 17.2 Å². The second-order valence-corrected chi connectivity index (χ2v) is 7.18. The van der Waals surface area contributed by atoms with Gasteiger partial charge in [0.1, 0.15) is 0 Å². The van der Waals surface area contributed by atoms with Gasteiger partial charge in [-0.25, -0.2) is 0 Å². The average Bonchev–Trinajstić information content (AvgIpc) is 2.75. The molecule has 1 aliphatic rings. The van der Waals surface area contributed by atoms with Crippen molar-refractivity contribution in [1.29, 1.82) is 0 Å². The van der Waals surface area contributed by atoms with Gasteiger partial charge in [-0.15, -0.1) is 0 Å². The summed E-state index contributed by atoms with van der Waals surface area (Å²) in [7, 11) is 1.83. The van der Waals surface area contributed by atoms with E-state index >= 15 is 0 Å². The molecule has 108 valence electrons. The third kappa shape index (κ3) is 2.67. The minimum atomic E-state index is 0.109. The standard InChI is InChI=1S/C17H15Br2NO/c1-10-3-5-14(18)13(7-10)17(19)11-4-6-15-12(8-11)9-16(21)20(15)2/h3-8,17H,9H2,1-2H3. The van der Waals surface area contributed by atoms with Gasteiger partial charge in [-0.05, 0) is 35.7 Å². The fourth-order valence-corrected chi connectivity index (χ4v) is 4.13. The molecule has 2 aromatic carbocycles. The zero-order chi connectivity index (χ0) is 15.1. The predicted octanol–water partition coefficient (Wildman–Crippen LogP) is 4.76. The molecule has 4 heteroatoms. The van der Waals surface area contributed by atoms with E-state index < -0.39 is 0 Å². The van der Waals surface area contributed by atoms with Crippen LogP contribution in [0.3, 0.4) is 0 Å². The van der Waals surface area contributed by atoms with Crippen LogP contribution in [-0.2, 0) is 11.2 Å². The van der Waals surface area contributed by atoms with Gasteiger partial charge in [0.05, 0.1) is 11.2 Å². The summed E-state index contributed by atoms with van der Waals surface area (Å²) < 4.78 is 1.09. The van der Waals surface area contributed by atoms with Crippen molar-refractivity contribution in [2.75, 3.05) is 11.9 Å². The number of aryl methyl sites for hydroxylation is 1. The molecule has 1 aliphatic heterocycles. The lowest BCUT2D eigenvalue weighted by Gasteiger charge is -2.16. The molecule has 0 aliphatic carbocycles. The average molecular weight is 409 g/mol. The molecule has 21 heavy (non-hydrogen) atoms. The molecule has 2 aromatic rings. The Labute approximate surface area is 141 Å². The summed E-state index contributed by atoms with van der Waals surface area (Å²) in [6.45, 7) is 2.09. The van der Waals surface area contributed by atoms with Crippen LogP contribution in [0, 0.1) is 6.92 Å². The highest BCUT2D eigenvalue weighted by molar-refractivity contribution is 9.11. The number of likely N-dealkylation sites (N-methyl/N-ethyl adjacent to an activating group) is 1. The zero-order valence-electron chi connectivity index (χ0n) is 11.9. The quantitative estimate of drug-likeness (QED) is 0.656. The van der Waals surface area contributed by atoms with Crippen molar-refractivity contribution in [2.45, 2.75) is 18.2 Å². The van der Waals surface area contributed by atoms with Gasteiger partial charge < -0.3 is 4.90 Å². The molecule has 0 saturated carbocycles. The van der Waals surface area contributed by atoms with Crippen LogP contribution >= 0.6 is 31.9 Å². The molecule has 0 spiro atoms. The van der Waals surface area contributed by atoms with Crippen LogP contribution in [0.25, 0.3) is 0 Å². The fraction of sp³-hybridized carbons (Fsp3) is 0.235. The van der Waals surface area contributed by atoms with Crippen LogP contribution in [0.2, 0.25) is 0 Å². The number of amides is 1. The molecule has 1 heterocycles. The number of halogens is 2. The Morgan fingerprint density at radius 3 is 2.71 bits per heavy atom. The van der Waals surface area contributed by atoms with Crippen molar-refractivity contribution in [3.63, 3.8) is 0 Å². The monoisotopic (exact) mass is 407 g/mol. The third-order valence-electron chi connectivity index (χ3n) is 3.90. The van der Waals surface area contributed by atoms with E-state index in [-0.39, 0.29) is 10.7 Å². The first-order valence-corrected chi connectivity index (χ1v) is 8.47. The Hall–Kier alpha value is -1.13. The normalized spacial score (nSPS) is 15.2. The van der Waals surface area contributed by atoms with Crippen molar-refractivity contribution in [3.8, 4) is 0 Å². The van der Waals surface area contributed by atoms with Gasteiger partial charge in [-0.3, -0.25) is 4.79 Å². The molecule has 0 bridgehead atoms. The molecule has 2 nitrogen and oxygen atoms in total. The molecule has 1 unspecified atom stereocenters. The van der Waals surface area contributed by atoms with Crippen LogP contribution in [-0.4, -0.2) is 13.0 Å². The predicted molar refractivity (Wildman–Crippen MR) is 93.2 cm³/mol. The molecule has 0 fully saturated rings. The van der Waals surface area contributed by atoms with Crippen molar-refractivity contribution in [3.05, 3.63) is 63.1 Å². The zero-order valence-corrected chi connectivity index (χ0v) is 15.0. The Morgan fingerprint density at radius 1 is 1.19 bits per heavy atom. The number of rotatable bonds is 2. The van der Waals surface area contributed by atoms with Gasteiger partial charge in [0.25, 0.3) is 0 Å². The number of benzene rings is 2. The highest BCUT2D eigenvalue weighted by atomic mass is 79.9. The maximum absolute atomic E-state index is 11.8. The van der Waals surface area contributed by atoms with E-state index in [1.807, 2.05) is 13.1 Å². The Kier molecular flexibility index (Phi) is 3.93. The largest absolute Gasteiger partial charge is 0.315 e. The minimum absolute atomic E-state index is 0.109. The molecule has 0 N–H and O–H groups in total. The summed E-state index contributed by atoms with van der Waals surface area (Å²) in [6, 6.07) is 12.6. The summed E-state index contributed by atoms with van der Waals surface area (Å²) in [5, 5.41) is 0. The van der Waals surface area contributed by atoms with Crippen molar-refractivity contribution >= 4 is 43.5 Å². The second kappa shape index (κ2) is 5.58. The van der Waals surface area contributed by atoms with E-state index in [0.29, 0.717) is 6.42 Å². The van der Waals surface area contributed by atoms with Crippen LogP contribution in [0.15, 0.2) is 40.9 Å². The Morgan fingerprint density at radius 2 is 1.95 bits per heavy atom. The summed E-state index contributed by atoms with van der Waals surface area (Å²) >= 11 is 7.41. The molecular formula is C17H15Br2NO. The number of hydrogen-bond acceptors (Lipinski definition) is 1. The minimum Gasteiger partial charge on any atom is -0.315 e. The lowest BCUT2D eigenvalue weighted by molar-refractivity contribution is -0.117. The SMILES string of the molecule is Cc1ccc(Br)c(C(Br)c2ccc3c(c2)CC(=O)N3C)c1. The molecule has 1 atom stereocenters. The number of hydrogen-bond donors (Lipinski definition) is 0. The first kappa shape index (κ1) is 14.8. The lowest BCUT2D eigenvalue weighted by Crippen LogP contribution is -2.20. The molecule has 0 aromatic heterocycles. The van der Waals surface area contributed by atoms with Crippen LogP contribution in [0.5, 0.6) is 0 Å². The number of anilines is 1. The van der Waals surface area contributed by atoms with E-state index in [9.17, 15) is 4.79 Å².